The predicted molar refractivity (Wildman–Crippen MR) is 147 cm³/mol. The number of hydrogen-bond donors (Lipinski definition) is 2. The van der Waals surface area contributed by atoms with E-state index in [0.29, 0.717) is 38.1 Å². The van der Waals surface area contributed by atoms with Crippen molar-refractivity contribution in [2.45, 2.75) is 39.8 Å². The highest BCUT2D eigenvalue weighted by atomic mass is 16.4. The molecular weight excluding hydrogens is 482 g/mol. The number of fused-ring (bicyclic) bond motifs is 3. The molecule has 3 aromatic carbocycles. The van der Waals surface area contributed by atoms with Gasteiger partial charge in [0.1, 0.15) is 0 Å². The van der Waals surface area contributed by atoms with Crippen LogP contribution in [0.5, 0.6) is 0 Å². The van der Waals surface area contributed by atoms with Crippen LogP contribution < -0.4 is 11.2 Å². The lowest BCUT2D eigenvalue weighted by Crippen LogP contribution is -2.32. The Labute approximate surface area is 218 Å². The van der Waals surface area contributed by atoms with Gasteiger partial charge in [0.15, 0.2) is 11.5 Å². The minimum atomic E-state index is -0.826. The number of aromatic amines is 1. The van der Waals surface area contributed by atoms with Gasteiger partial charge in [-0.2, -0.15) is 4.98 Å². The van der Waals surface area contributed by atoms with Crippen LogP contribution in [-0.2, 0) is 17.9 Å². The summed E-state index contributed by atoms with van der Waals surface area (Å²) in [5.74, 6) is -0.584. The third-order valence-electron chi connectivity index (χ3n) is 6.95. The summed E-state index contributed by atoms with van der Waals surface area (Å²) in [6, 6.07) is 18.4. The molecule has 0 atom stereocenters. The second-order valence-corrected chi connectivity index (χ2v) is 9.69. The first-order valence-electron chi connectivity index (χ1n) is 12.6. The van der Waals surface area contributed by atoms with E-state index >= 15 is 0 Å². The van der Waals surface area contributed by atoms with Crippen LogP contribution in [0.3, 0.4) is 0 Å². The summed E-state index contributed by atoms with van der Waals surface area (Å²) in [5, 5.41) is 11.5. The van der Waals surface area contributed by atoms with Gasteiger partial charge in [0.2, 0.25) is 0 Å². The summed E-state index contributed by atoms with van der Waals surface area (Å²) in [4.78, 5) is 49.0. The molecule has 0 unspecified atom stereocenters. The van der Waals surface area contributed by atoms with Crippen LogP contribution in [0.4, 0.5) is 0 Å². The highest BCUT2D eigenvalue weighted by Gasteiger charge is 2.20. The van der Waals surface area contributed by atoms with E-state index in [1.54, 1.807) is 0 Å². The Balaban J connectivity index is 1.51. The number of carboxylic acids is 1. The average molecular weight is 512 g/mol. The van der Waals surface area contributed by atoms with Crippen LogP contribution in [0.2, 0.25) is 0 Å². The van der Waals surface area contributed by atoms with E-state index < -0.39 is 17.2 Å². The number of aromatic nitrogens is 4. The minimum Gasteiger partial charge on any atom is -0.481 e. The molecule has 3 aromatic rings. The number of H-pyrrole nitrogens is 1. The first-order valence-corrected chi connectivity index (χ1v) is 12.6. The lowest BCUT2D eigenvalue weighted by molar-refractivity contribution is -0.137. The molecule has 0 spiro atoms. The van der Waals surface area contributed by atoms with E-state index in [1.165, 1.54) is 0 Å². The summed E-state index contributed by atoms with van der Waals surface area (Å²) in [6.45, 7) is 6.20. The van der Waals surface area contributed by atoms with Crippen molar-refractivity contribution < 1.29 is 9.90 Å². The van der Waals surface area contributed by atoms with Gasteiger partial charge in [0, 0.05) is 26.1 Å². The standard InChI is InChI=1S/C29H29N5O4/c1-18-14-23-24(15-19(18)2)34(27-26(30-23)28(37)32-29(38)31-27)13-12-33(11-5-8-25(35)36)17-20-9-10-21-6-3-4-7-22(21)16-20/h3-4,6-7,9-10,14-16H,5,8,11-13,17H2,1-2H3,(H,35,36)(H,32,37,38). The molecule has 2 heterocycles. The zero-order valence-electron chi connectivity index (χ0n) is 21.4. The van der Waals surface area contributed by atoms with Crippen molar-refractivity contribution in [3.63, 3.8) is 0 Å². The van der Waals surface area contributed by atoms with Gasteiger partial charge in [-0.05, 0) is 72.5 Å². The smallest absolute Gasteiger partial charge is 0.349 e. The van der Waals surface area contributed by atoms with Crippen LogP contribution in [0.25, 0.3) is 33.3 Å². The van der Waals surface area contributed by atoms with E-state index in [-0.39, 0.29) is 17.9 Å². The van der Waals surface area contributed by atoms with Gasteiger partial charge in [0.05, 0.1) is 11.0 Å². The van der Waals surface area contributed by atoms with Crippen molar-refractivity contribution in [3.8, 4) is 11.5 Å². The first kappa shape index (κ1) is 25.3. The number of rotatable bonds is 9. The Bertz CT molecular complexity index is 1740. The third kappa shape index (κ3) is 5.33. The van der Waals surface area contributed by atoms with E-state index in [0.717, 1.165) is 33.0 Å². The Morgan fingerprint density at radius 2 is 1.74 bits per heavy atom. The lowest BCUT2D eigenvalue weighted by Gasteiger charge is -2.25. The van der Waals surface area contributed by atoms with Crippen molar-refractivity contribution in [3.05, 3.63) is 92.1 Å². The van der Waals surface area contributed by atoms with Gasteiger partial charge >= 0.3 is 11.7 Å². The van der Waals surface area contributed by atoms with E-state index in [1.807, 2.05) is 42.7 Å². The fourth-order valence-corrected chi connectivity index (χ4v) is 4.84. The topological polar surface area (TPSA) is 121 Å². The number of aryl methyl sites for hydroxylation is 2. The molecule has 2 aliphatic heterocycles. The highest BCUT2D eigenvalue weighted by Crippen LogP contribution is 2.24. The summed E-state index contributed by atoms with van der Waals surface area (Å²) in [7, 11) is 0. The zero-order chi connectivity index (χ0) is 26.8. The molecule has 194 valence electrons. The monoisotopic (exact) mass is 511 g/mol. The molecular formula is C29H29N5O4. The Kier molecular flexibility index (Phi) is 7.02. The van der Waals surface area contributed by atoms with Gasteiger partial charge in [-0.25, -0.2) is 9.78 Å². The fraction of sp³-hybridized carbons (Fsp3) is 0.276. The maximum Gasteiger partial charge on any atom is 0.349 e. The van der Waals surface area contributed by atoms with Crippen LogP contribution in [0.15, 0.2) is 64.2 Å². The molecule has 0 bridgehead atoms. The highest BCUT2D eigenvalue weighted by molar-refractivity contribution is 5.83. The molecule has 2 aliphatic rings. The number of nitrogens with one attached hydrogen (secondary N) is 1. The first-order chi connectivity index (χ1) is 18.3. The molecule has 5 rings (SSSR count). The van der Waals surface area contributed by atoms with E-state index in [9.17, 15) is 19.5 Å². The van der Waals surface area contributed by atoms with Gasteiger partial charge in [-0.15, -0.1) is 0 Å². The zero-order valence-corrected chi connectivity index (χ0v) is 21.4. The Hall–Kier alpha value is -4.37. The van der Waals surface area contributed by atoms with Gasteiger partial charge in [0.25, 0.3) is 5.56 Å². The quantitative estimate of drug-likeness (QED) is 0.289. The fourth-order valence-electron chi connectivity index (χ4n) is 4.84. The SMILES string of the molecule is Cc1cc2nc3c(=O)[nH]c(=O)nc-3n(CCN(CCCC(=O)O)Cc3ccc4ccccc4c3)c2cc1C. The lowest BCUT2D eigenvalue weighted by atomic mass is 10.1. The maximum atomic E-state index is 12.6. The van der Waals surface area contributed by atoms with Crippen LogP contribution in [0, 0.1) is 13.8 Å². The number of carbonyl (C=O) groups is 1. The molecule has 9 nitrogen and oxygen atoms in total. The maximum absolute atomic E-state index is 12.6. The molecule has 2 N–H and O–H groups in total. The average Bonchev–Trinajstić information content (AvgIpc) is 2.87. The third-order valence-corrected chi connectivity index (χ3v) is 6.95. The Morgan fingerprint density at radius 3 is 2.53 bits per heavy atom. The normalized spacial score (nSPS) is 11.7. The predicted octanol–water partition coefficient (Wildman–Crippen LogP) is 3.72. The number of carboxylic acid groups (broad SMARTS) is 1. The van der Waals surface area contributed by atoms with Gasteiger partial charge in [-0.3, -0.25) is 19.5 Å². The van der Waals surface area contributed by atoms with Crippen molar-refractivity contribution >= 4 is 27.8 Å². The van der Waals surface area contributed by atoms with Crippen molar-refractivity contribution in [1.82, 2.24) is 24.4 Å². The summed E-state index contributed by atoms with van der Waals surface area (Å²) in [5.41, 5.74) is 3.51. The largest absolute Gasteiger partial charge is 0.481 e. The van der Waals surface area contributed by atoms with Crippen molar-refractivity contribution in [1.29, 1.82) is 0 Å². The van der Waals surface area contributed by atoms with Gasteiger partial charge in [-0.1, -0.05) is 36.4 Å². The van der Waals surface area contributed by atoms with E-state index in [4.69, 9.17) is 0 Å². The molecule has 0 radical (unpaired) electrons. The Morgan fingerprint density at radius 1 is 0.974 bits per heavy atom. The molecule has 0 amide bonds. The molecule has 0 saturated carbocycles. The minimum absolute atomic E-state index is 0.0808. The second kappa shape index (κ2) is 10.5. The van der Waals surface area contributed by atoms with Crippen molar-refractivity contribution in [2.24, 2.45) is 0 Å². The van der Waals surface area contributed by atoms with E-state index in [2.05, 4.69) is 50.2 Å². The number of benzene rings is 3. The number of nitrogens with zero attached hydrogens (tertiary/aromatic N) is 4. The van der Waals surface area contributed by atoms with Crippen molar-refractivity contribution in [2.75, 3.05) is 13.1 Å². The molecule has 0 fully saturated rings. The van der Waals surface area contributed by atoms with Gasteiger partial charge < -0.3 is 9.67 Å². The summed E-state index contributed by atoms with van der Waals surface area (Å²) < 4.78 is 1.88. The van der Waals surface area contributed by atoms with Crippen LogP contribution >= 0.6 is 0 Å². The molecule has 38 heavy (non-hydrogen) atoms. The molecule has 0 saturated heterocycles. The number of aliphatic carboxylic acids is 1. The summed E-state index contributed by atoms with van der Waals surface area (Å²) >= 11 is 0. The molecule has 0 aromatic heterocycles. The molecule has 0 aliphatic carbocycles. The van der Waals surface area contributed by atoms with Crippen LogP contribution in [-0.4, -0.2) is 48.6 Å². The summed E-state index contributed by atoms with van der Waals surface area (Å²) in [6.07, 6.45) is 0.587. The van der Waals surface area contributed by atoms with Crippen LogP contribution in [0.1, 0.15) is 29.5 Å². The number of hydrogen-bond acceptors (Lipinski definition) is 6. The molecule has 9 heteroatoms. The second-order valence-electron chi connectivity index (χ2n) is 9.69.